The highest BCUT2D eigenvalue weighted by atomic mass is 16.3. The Morgan fingerprint density at radius 3 is 2.86 bits per heavy atom. The molecule has 1 N–H and O–H groups in total. The number of furan rings is 1. The van der Waals surface area contributed by atoms with E-state index in [0.29, 0.717) is 11.6 Å². The van der Waals surface area contributed by atoms with E-state index in [4.69, 9.17) is 9.40 Å². The molecule has 0 aliphatic rings. The standard InChI is InChI=1S/C22H17N5O2/c1-14-5-3-7-18-15(2)11-19(25-21(14)18)27-22(16(12-23)13-24-27)26-20(28)9-8-17-6-4-10-29-17/h3-11,13H,1-2H3,(H,26,28)/b9-8+. The van der Waals surface area contributed by atoms with Gasteiger partial charge >= 0.3 is 0 Å². The first-order valence-electron chi connectivity index (χ1n) is 8.95. The zero-order valence-corrected chi connectivity index (χ0v) is 15.9. The number of benzene rings is 1. The largest absolute Gasteiger partial charge is 0.465 e. The van der Waals surface area contributed by atoms with Gasteiger partial charge in [-0.2, -0.15) is 15.0 Å². The number of carbonyl (C=O) groups is 1. The van der Waals surface area contributed by atoms with E-state index in [1.165, 1.54) is 23.2 Å². The molecule has 0 atom stereocenters. The summed E-state index contributed by atoms with van der Waals surface area (Å²) < 4.78 is 6.64. The van der Waals surface area contributed by atoms with Gasteiger partial charge in [0.1, 0.15) is 17.4 Å². The second kappa shape index (κ2) is 7.44. The highest BCUT2D eigenvalue weighted by Gasteiger charge is 2.16. The summed E-state index contributed by atoms with van der Waals surface area (Å²) in [4.78, 5) is 17.1. The van der Waals surface area contributed by atoms with Gasteiger partial charge in [-0.15, -0.1) is 0 Å². The van der Waals surface area contributed by atoms with Gasteiger partial charge in [0.25, 0.3) is 0 Å². The lowest BCUT2D eigenvalue weighted by molar-refractivity contribution is -0.111. The minimum atomic E-state index is -0.409. The van der Waals surface area contributed by atoms with Crippen LogP contribution >= 0.6 is 0 Å². The lowest BCUT2D eigenvalue weighted by Crippen LogP contribution is -2.14. The lowest BCUT2D eigenvalue weighted by atomic mass is 10.1. The smallest absolute Gasteiger partial charge is 0.249 e. The number of hydrogen-bond acceptors (Lipinski definition) is 5. The van der Waals surface area contributed by atoms with Gasteiger partial charge in [-0.25, -0.2) is 4.98 Å². The number of nitriles is 1. The van der Waals surface area contributed by atoms with Crippen molar-refractivity contribution in [2.24, 2.45) is 0 Å². The van der Waals surface area contributed by atoms with Crippen LogP contribution in [0, 0.1) is 25.2 Å². The van der Waals surface area contributed by atoms with E-state index >= 15 is 0 Å². The molecule has 0 saturated carbocycles. The number of aryl methyl sites for hydroxylation is 2. The first-order chi connectivity index (χ1) is 14.1. The number of hydrogen-bond donors (Lipinski definition) is 1. The number of fused-ring (bicyclic) bond motifs is 1. The van der Waals surface area contributed by atoms with Crippen LogP contribution in [0.2, 0.25) is 0 Å². The molecule has 0 bridgehead atoms. The molecule has 29 heavy (non-hydrogen) atoms. The monoisotopic (exact) mass is 383 g/mol. The Balaban J connectivity index is 1.74. The zero-order valence-electron chi connectivity index (χ0n) is 15.9. The normalized spacial score (nSPS) is 11.1. The van der Waals surface area contributed by atoms with Crippen molar-refractivity contribution in [3.8, 4) is 11.9 Å². The molecule has 7 nitrogen and oxygen atoms in total. The van der Waals surface area contributed by atoms with E-state index in [9.17, 15) is 10.1 Å². The van der Waals surface area contributed by atoms with E-state index in [2.05, 4.69) is 16.5 Å². The van der Waals surface area contributed by atoms with E-state index in [1.807, 2.05) is 38.1 Å². The molecule has 0 radical (unpaired) electrons. The predicted molar refractivity (Wildman–Crippen MR) is 109 cm³/mol. The summed E-state index contributed by atoms with van der Waals surface area (Å²) in [6.07, 6.45) is 5.81. The summed E-state index contributed by atoms with van der Waals surface area (Å²) in [6.45, 7) is 3.98. The second-order valence-electron chi connectivity index (χ2n) is 6.54. The third kappa shape index (κ3) is 3.51. The number of aromatic nitrogens is 3. The van der Waals surface area contributed by atoms with Crippen molar-refractivity contribution in [3.05, 3.63) is 77.4 Å². The third-order valence-corrected chi connectivity index (χ3v) is 4.53. The van der Waals surface area contributed by atoms with Crippen LogP contribution in [-0.2, 0) is 4.79 Å². The minimum Gasteiger partial charge on any atom is -0.465 e. The molecule has 0 saturated heterocycles. The second-order valence-corrected chi connectivity index (χ2v) is 6.54. The fourth-order valence-corrected chi connectivity index (χ4v) is 3.08. The van der Waals surface area contributed by atoms with Crippen molar-refractivity contribution in [3.63, 3.8) is 0 Å². The molecule has 0 fully saturated rings. The molecule has 0 aliphatic heterocycles. The van der Waals surface area contributed by atoms with E-state index in [0.717, 1.165) is 22.0 Å². The number of amides is 1. The number of anilines is 1. The SMILES string of the molecule is Cc1cc(-n2ncc(C#N)c2NC(=O)/C=C/c2ccco2)nc2c(C)cccc12. The maximum Gasteiger partial charge on any atom is 0.249 e. The molecule has 0 unspecified atom stereocenters. The van der Waals surface area contributed by atoms with Crippen LogP contribution in [0.5, 0.6) is 0 Å². The van der Waals surface area contributed by atoms with Crippen molar-refractivity contribution in [1.82, 2.24) is 14.8 Å². The number of nitrogens with one attached hydrogen (secondary N) is 1. The average molecular weight is 383 g/mol. The molecular formula is C22H17N5O2. The maximum atomic E-state index is 12.4. The van der Waals surface area contributed by atoms with Crippen LogP contribution in [0.25, 0.3) is 22.8 Å². The molecule has 142 valence electrons. The van der Waals surface area contributed by atoms with Crippen LogP contribution in [0.15, 0.2) is 59.4 Å². The number of nitrogens with zero attached hydrogens (tertiary/aromatic N) is 4. The van der Waals surface area contributed by atoms with Gasteiger partial charge in [0.15, 0.2) is 11.6 Å². The quantitative estimate of drug-likeness (QED) is 0.534. The van der Waals surface area contributed by atoms with Crippen molar-refractivity contribution in [1.29, 1.82) is 5.26 Å². The van der Waals surface area contributed by atoms with Gasteiger partial charge < -0.3 is 9.73 Å². The number of pyridine rings is 1. The Bertz CT molecular complexity index is 1280. The summed E-state index contributed by atoms with van der Waals surface area (Å²) in [6, 6.07) is 13.4. The van der Waals surface area contributed by atoms with E-state index < -0.39 is 5.91 Å². The first kappa shape index (κ1) is 18.2. The average Bonchev–Trinajstić information content (AvgIpc) is 3.37. The van der Waals surface area contributed by atoms with Crippen LogP contribution in [0.1, 0.15) is 22.5 Å². The van der Waals surface area contributed by atoms with Gasteiger partial charge in [0.2, 0.25) is 5.91 Å². The van der Waals surface area contributed by atoms with Crippen molar-refractivity contribution in [2.45, 2.75) is 13.8 Å². The topological polar surface area (TPSA) is 96.7 Å². The summed E-state index contributed by atoms with van der Waals surface area (Å²) in [7, 11) is 0. The fourth-order valence-electron chi connectivity index (χ4n) is 3.08. The molecular weight excluding hydrogens is 366 g/mol. The lowest BCUT2D eigenvalue weighted by Gasteiger charge is -2.11. The van der Waals surface area contributed by atoms with E-state index in [-0.39, 0.29) is 11.4 Å². The number of para-hydroxylation sites is 1. The molecule has 4 aromatic rings. The first-order valence-corrected chi connectivity index (χ1v) is 8.95. The van der Waals surface area contributed by atoms with Gasteiger partial charge in [0.05, 0.1) is 18.0 Å². The number of rotatable bonds is 4. The van der Waals surface area contributed by atoms with Crippen LogP contribution < -0.4 is 5.32 Å². The molecule has 0 aliphatic carbocycles. The van der Waals surface area contributed by atoms with Crippen LogP contribution in [0.4, 0.5) is 5.82 Å². The summed E-state index contributed by atoms with van der Waals surface area (Å²) >= 11 is 0. The summed E-state index contributed by atoms with van der Waals surface area (Å²) in [5.41, 5.74) is 3.16. The molecule has 3 heterocycles. The molecule has 0 spiro atoms. The van der Waals surface area contributed by atoms with Crippen LogP contribution in [-0.4, -0.2) is 20.7 Å². The Kier molecular flexibility index (Phi) is 4.67. The van der Waals surface area contributed by atoms with Crippen molar-refractivity contribution >= 4 is 28.7 Å². The minimum absolute atomic E-state index is 0.245. The highest BCUT2D eigenvalue weighted by Crippen LogP contribution is 2.25. The predicted octanol–water partition coefficient (Wildman–Crippen LogP) is 4.15. The Morgan fingerprint density at radius 2 is 2.10 bits per heavy atom. The van der Waals surface area contributed by atoms with E-state index in [1.54, 1.807) is 18.2 Å². The number of carbonyl (C=O) groups excluding carboxylic acids is 1. The Labute approximate surface area is 166 Å². The zero-order chi connectivity index (χ0) is 20.4. The Hall–Kier alpha value is -4.18. The van der Waals surface area contributed by atoms with Crippen molar-refractivity contribution in [2.75, 3.05) is 5.32 Å². The molecule has 3 aromatic heterocycles. The van der Waals surface area contributed by atoms with Crippen molar-refractivity contribution < 1.29 is 9.21 Å². The van der Waals surface area contributed by atoms with Gasteiger partial charge in [-0.3, -0.25) is 4.79 Å². The molecule has 4 rings (SSSR count). The van der Waals surface area contributed by atoms with Gasteiger partial charge in [-0.1, -0.05) is 18.2 Å². The van der Waals surface area contributed by atoms with Gasteiger partial charge in [-0.05, 0) is 49.2 Å². The van der Waals surface area contributed by atoms with Crippen LogP contribution in [0.3, 0.4) is 0 Å². The summed E-state index contributed by atoms with van der Waals surface area (Å²) in [5.74, 6) is 0.933. The molecule has 7 heteroatoms. The Morgan fingerprint density at radius 1 is 1.24 bits per heavy atom. The highest BCUT2D eigenvalue weighted by molar-refractivity contribution is 6.02. The fraction of sp³-hybridized carbons (Fsp3) is 0.0909. The molecule has 1 aromatic carbocycles. The van der Waals surface area contributed by atoms with Gasteiger partial charge in [0, 0.05) is 11.5 Å². The summed E-state index contributed by atoms with van der Waals surface area (Å²) in [5, 5.41) is 17.5. The molecule has 1 amide bonds. The third-order valence-electron chi connectivity index (χ3n) is 4.53. The maximum absolute atomic E-state index is 12.4.